The summed E-state index contributed by atoms with van der Waals surface area (Å²) in [6, 6.07) is 11.8. The molecule has 2 fully saturated rings. The number of anilines is 2. The number of benzene rings is 2. The second-order valence-electron chi connectivity index (χ2n) is 10.5. The Bertz CT molecular complexity index is 1310. The SMILES string of the molecule is CC(Nc1ccccc1C(=O)O)c1ccc(OC2CC2)c2c(=O)cc(N3CCC(C)(C)CC3)oc12. The molecule has 2 aromatic carbocycles. The van der Waals surface area contributed by atoms with Gasteiger partial charge in [0.2, 0.25) is 0 Å². The van der Waals surface area contributed by atoms with Crippen molar-refractivity contribution in [2.24, 2.45) is 5.41 Å². The Labute approximate surface area is 204 Å². The summed E-state index contributed by atoms with van der Waals surface area (Å²) in [5, 5.41) is 13.3. The molecule has 1 saturated heterocycles. The topological polar surface area (TPSA) is 92.0 Å². The van der Waals surface area contributed by atoms with E-state index in [-0.39, 0.29) is 28.6 Å². The first-order valence-corrected chi connectivity index (χ1v) is 12.3. The van der Waals surface area contributed by atoms with E-state index in [1.165, 1.54) is 0 Å². The summed E-state index contributed by atoms with van der Waals surface area (Å²) in [4.78, 5) is 27.2. The van der Waals surface area contributed by atoms with E-state index in [1.54, 1.807) is 30.3 Å². The third kappa shape index (κ3) is 4.85. The molecule has 1 saturated carbocycles. The number of carboxylic acid groups (broad SMARTS) is 1. The second kappa shape index (κ2) is 8.95. The molecule has 5 rings (SSSR count). The fraction of sp³-hybridized carbons (Fsp3) is 0.429. The van der Waals surface area contributed by atoms with Gasteiger partial charge in [-0.2, -0.15) is 0 Å². The van der Waals surface area contributed by atoms with Gasteiger partial charge in [0.1, 0.15) is 16.7 Å². The summed E-state index contributed by atoms with van der Waals surface area (Å²) in [6.45, 7) is 8.13. The average Bonchev–Trinajstić information content (AvgIpc) is 3.63. The quantitative estimate of drug-likeness (QED) is 0.443. The fourth-order valence-electron chi connectivity index (χ4n) is 4.64. The van der Waals surface area contributed by atoms with Gasteiger partial charge in [-0.25, -0.2) is 4.79 Å². The Morgan fingerprint density at radius 3 is 2.57 bits per heavy atom. The highest BCUT2D eigenvalue weighted by molar-refractivity contribution is 5.94. The molecule has 0 amide bonds. The first-order chi connectivity index (χ1) is 16.7. The van der Waals surface area contributed by atoms with Crippen LogP contribution in [0.15, 0.2) is 51.7 Å². The molecule has 1 aliphatic heterocycles. The number of ether oxygens (including phenoxy) is 1. The first-order valence-electron chi connectivity index (χ1n) is 12.3. The molecule has 1 aliphatic carbocycles. The third-order valence-corrected chi connectivity index (χ3v) is 7.10. The molecule has 0 radical (unpaired) electrons. The number of aromatic carboxylic acids is 1. The van der Waals surface area contributed by atoms with E-state index in [4.69, 9.17) is 9.15 Å². The van der Waals surface area contributed by atoms with Gasteiger partial charge in [-0.05, 0) is 62.3 Å². The number of hydrogen-bond acceptors (Lipinski definition) is 6. The number of rotatable bonds is 7. The van der Waals surface area contributed by atoms with Gasteiger partial charge >= 0.3 is 5.97 Å². The number of carboxylic acids is 1. The minimum atomic E-state index is -1.000. The van der Waals surface area contributed by atoms with Crippen LogP contribution in [0.1, 0.15) is 68.4 Å². The number of fused-ring (bicyclic) bond motifs is 1. The van der Waals surface area contributed by atoms with Crippen LogP contribution in [0.4, 0.5) is 11.6 Å². The van der Waals surface area contributed by atoms with Gasteiger partial charge in [-0.15, -0.1) is 0 Å². The summed E-state index contributed by atoms with van der Waals surface area (Å²) in [6.07, 6.45) is 4.16. The standard InChI is InChI=1S/C28H32N2O5/c1-17(29-21-7-5-4-6-20(21)27(32)33)19-10-11-23(34-18-8-9-18)25-22(31)16-24(35-26(19)25)30-14-12-28(2,3)13-15-30/h4-7,10-11,16-18,29H,8-9,12-15H2,1-3H3,(H,32,33). The maximum absolute atomic E-state index is 13.4. The lowest BCUT2D eigenvalue weighted by Crippen LogP contribution is -2.37. The zero-order valence-corrected chi connectivity index (χ0v) is 20.5. The second-order valence-corrected chi connectivity index (χ2v) is 10.5. The van der Waals surface area contributed by atoms with E-state index < -0.39 is 5.97 Å². The lowest BCUT2D eigenvalue weighted by atomic mass is 9.83. The van der Waals surface area contributed by atoms with Crippen molar-refractivity contribution >= 4 is 28.5 Å². The Kier molecular flexibility index (Phi) is 5.95. The van der Waals surface area contributed by atoms with Crippen molar-refractivity contribution in [3.63, 3.8) is 0 Å². The van der Waals surface area contributed by atoms with Crippen LogP contribution in [0.2, 0.25) is 0 Å². The summed E-state index contributed by atoms with van der Waals surface area (Å²) in [5.41, 5.74) is 2.12. The highest BCUT2D eigenvalue weighted by Crippen LogP contribution is 2.38. The molecule has 1 unspecified atom stereocenters. The van der Waals surface area contributed by atoms with Gasteiger partial charge in [0.25, 0.3) is 0 Å². The van der Waals surface area contributed by atoms with Crippen LogP contribution >= 0.6 is 0 Å². The molecule has 0 spiro atoms. The van der Waals surface area contributed by atoms with E-state index in [0.717, 1.165) is 44.3 Å². The molecule has 1 aromatic heterocycles. The summed E-state index contributed by atoms with van der Waals surface area (Å²) >= 11 is 0. The largest absolute Gasteiger partial charge is 0.490 e. The van der Waals surface area contributed by atoms with Crippen LogP contribution in [-0.2, 0) is 0 Å². The molecular formula is C28H32N2O5. The zero-order valence-electron chi connectivity index (χ0n) is 20.5. The predicted octanol–water partition coefficient (Wildman–Crippen LogP) is 5.83. The molecule has 7 heteroatoms. The van der Waals surface area contributed by atoms with Crippen molar-refractivity contribution in [1.29, 1.82) is 0 Å². The first kappa shape index (κ1) is 23.3. The molecule has 3 aromatic rings. The highest BCUT2D eigenvalue weighted by Gasteiger charge is 2.29. The van der Waals surface area contributed by atoms with Crippen molar-refractivity contribution in [1.82, 2.24) is 0 Å². The van der Waals surface area contributed by atoms with Gasteiger partial charge in [-0.1, -0.05) is 26.0 Å². The van der Waals surface area contributed by atoms with Crippen LogP contribution in [0.3, 0.4) is 0 Å². The van der Waals surface area contributed by atoms with E-state index in [9.17, 15) is 14.7 Å². The van der Waals surface area contributed by atoms with Crippen LogP contribution in [0.5, 0.6) is 5.75 Å². The van der Waals surface area contributed by atoms with E-state index in [2.05, 4.69) is 24.1 Å². The van der Waals surface area contributed by atoms with Crippen LogP contribution in [-0.4, -0.2) is 30.3 Å². The fourth-order valence-corrected chi connectivity index (χ4v) is 4.64. The van der Waals surface area contributed by atoms with Crippen molar-refractivity contribution in [2.45, 2.75) is 58.6 Å². The van der Waals surface area contributed by atoms with E-state index in [0.29, 0.717) is 28.3 Å². The number of hydrogen-bond donors (Lipinski definition) is 2. The van der Waals surface area contributed by atoms with Gasteiger partial charge in [0.15, 0.2) is 11.3 Å². The Morgan fingerprint density at radius 2 is 1.89 bits per heavy atom. The number of para-hydroxylation sites is 1. The summed E-state index contributed by atoms with van der Waals surface area (Å²) in [7, 11) is 0. The molecule has 35 heavy (non-hydrogen) atoms. The Hall–Kier alpha value is -3.48. The average molecular weight is 477 g/mol. The number of nitrogens with one attached hydrogen (secondary N) is 1. The molecular weight excluding hydrogens is 444 g/mol. The van der Waals surface area contributed by atoms with Gasteiger partial charge in [0, 0.05) is 30.4 Å². The van der Waals surface area contributed by atoms with Crippen LogP contribution in [0.25, 0.3) is 11.0 Å². The molecule has 184 valence electrons. The molecule has 2 heterocycles. The number of carbonyl (C=O) groups is 1. The summed E-state index contributed by atoms with van der Waals surface area (Å²) in [5.74, 6) is 0.116. The lowest BCUT2D eigenvalue weighted by molar-refractivity contribution is 0.0698. The number of nitrogens with zero attached hydrogens (tertiary/aromatic N) is 1. The minimum Gasteiger partial charge on any atom is -0.490 e. The minimum absolute atomic E-state index is 0.123. The zero-order chi connectivity index (χ0) is 24.7. The number of piperidine rings is 1. The van der Waals surface area contributed by atoms with Gasteiger partial charge in [-0.3, -0.25) is 4.79 Å². The van der Waals surface area contributed by atoms with Crippen molar-refractivity contribution in [3.8, 4) is 5.75 Å². The maximum atomic E-state index is 13.4. The third-order valence-electron chi connectivity index (χ3n) is 7.10. The normalized spacial score (nSPS) is 18.3. The predicted molar refractivity (Wildman–Crippen MR) is 137 cm³/mol. The van der Waals surface area contributed by atoms with E-state index in [1.807, 2.05) is 19.1 Å². The van der Waals surface area contributed by atoms with Gasteiger partial charge < -0.3 is 24.5 Å². The van der Waals surface area contributed by atoms with Gasteiger partial charge in [0.05, 0.1) is 17.7 Å². The maximum Gasteiger partial charge on any atom is 0.337 e. The highest BCUT2D eigenvalue weighted by atomic mass is 16.5. The lowest BCUT2D eigenvalue weighted by Gasteiger charge is -2.37. The van der Waals surface area contributed by atoms with Crippen LogP contribution in [0, 0.1) is 5.41 Å². The smallest absolute Gasteiger partial charge is 0.337 e. The molecule has 0 bridgehead atoms. The molecule has 7 nitrogen and oxygen atoms in total. The van der Waals surface area contributed by atoms with Crippen molar-refractivity contribution in [3.05, 3.63) is 63.8 Å². The molecule has 2 aliphatic rings. The van der Waals surface area contributed by atoms with Crippen molar-refractivity contribution < 1.29 is 19.1 Å². The van der Waals surface area contributed by atoms with E-state index >= 15 is 0 Å². The molecule has 1 atom stereocenters. The molecule has 2 N–H and O–H groups in total. The van der Waals surface area contributed by atoms with Crippen molar-refractivity contribution in [2.75, 3.05) is 23.3 Å². The Balaban J connectivity index is 1.57. The monoisotopic (exact) mass is 476 g/mol. The summed E-state index contributed by atoms with van der Waals surface area (Å²) < 4.78 is 12.5. The Morgan fingerprint density at radius 1 is 1.17 bits per heavy atom. The van der Waals surface area contributed by atoms with Crippen LogP contribution < -0.4 is 20.4 Å².